The third kappa shape index (κ3) is 4.73. The number of nitrogens with two attached hydrogens (primary N) is 1. The van der Waals surface area contributed by atoms with Crippen LogP contribution < -0.4 is 10.6 Å². The summed E-state index contributed by atoms with van der Waals surface area (Å²) in [6.07, 6.45) is 0. The van der Waals surface area contributed by atoms with E-state index in [4.69, 9.17) is 15.2 Å². The second kappa shape index (κ2) is 8.06. The number of hydrogen-bond acceptors (Lipinski definition) is 4. The predicted octanol–water partition coefficient (Wildman–Crippen LogP) is 1.24. The number of methoxy groups -OCH3 is 2. The van der Waals surface area contributed by atoms with Gasteiger partial charge in [0, 0.05) is 39.5 Å². The van der Waals surface area contributed by atoms with Crippen molar-refractivity contribution in [3.63, 3.8) is 0 Å². The number of benzene rings is 1. The van der Waals surface area contributed by atoms with Crippen LogP contribution in [0.2, 0.25) is 0 Å². The highest BCUT2D eigenvalue weighted by Crippen LogP contribution is 2.15. The number of hydrogen-bond donors (Lipinski definition) is 1. The van der Waals surface area contributed by atoms with E-state index in [-0.39, 0.29) is 0 Å². The molecule has 0 aliphatic heterocycles. The summed E-state index contributed by atoms with van der Waals surface area (Å²) in [5.41, 5.74) is 7.96. The fraction of sp³-hybridized carbons (Fsp3) is 0.538. The first-order valence-corrected chi connectivity index (χ1v) is 5.83. The van der Waals surface area contributed by atoms with E-state index in [1.54, 1.807) is 14.2 Å². The lowest BCUT2D eigenvalue weighted by molar-refractivity contribution is 0.190. The Morgan fingerprint density at radius 2 is 1.76 bits per heavy atom. The lowest BCUT2D eigenvalue weighted by Crippen LogP contribution is -2.30. The minimum atomic E-state index is 0.566. The van der Waals surface area contributed by atoms with Crippen LogP contribution in [-0.4, -0.2) is 40.5 Å². The van der Waals surface area contributed by atoms with Gasteiger partial charge in [0.15, 0.2) is 0 Å². The molecule has 2 N–H and O–H groups in total. The molecular weight excluding hydrogens is 216 g/mol. The summed E-state index contributed by atoms with van der Waals surface area (Å²) in [5, 5.41) is 0. The van der Waals surface area contributed by atoms with Crippen molar-refractivity contribution in [3.05, 3.63) is 29.8 Å². The van der Waals surface area contributed by atoms with Crippen LogP contribution in [0.3, 0.4) is 0 Å². The molecule has 0 radical (unpaired) electrons. The minimum absolute atomic E-state index is 0.566. The molecule has 0 saturated heterocycles. The molecule has 17 heavy (non-hydrogen) atoms. The molecular formula is C13H22N2O2. The van der Waals surface area contributed by atoms with Gasteiger partial charge in [0.05, 0.1) is 13.2 Å². The Balaban J connectivity index is 2.71. The molecule has 1 aromatic rings. The van der Waals surface area contributed by atoms with Gasteiger partial charge < -0.3 is 20.1 Å². The molecule has 0 saturated carbocycles. The normalized spacial score (nSPS) is 10.5. The average molecular weight is 238 g/mol. The Labute approximate surface area is 103 Å². The van der Waals surface area contributed by atoms with Crippen molar-refractivity contribution in [2.75, 3.05) is 45.4 Å². The van der Waals surface area contributed by atoms with E-state index >= 15 is 0 Å². The van der Waals surface area contributed by atoms with Crippen molar-refractivity contribution in [1.29, 1.82) is 0 Å². The third-order valence-corrected chi connectivity index (χ3v) is 2.64. The van der Waals surface area contributed by atoms with E-state index in [1.165, 1.54) is 5.69 Å². The zero-order valence-electron chi connectivity index (χ0n) is 10.7. The van der Waals surface area contributed by atoms with Gasteiger partial charge >= 0.3 is 0 Å². The van der Waals surface area contributed by atoms with Crippen LogP contribution in [0.5, 0.6) is 0 Å². The maximum atomic E-state index is 5.65. The van der Waals surface area contributed by atoms with E-state index in [9.17, 15) is 0 Å². The molecule has 0 fully saturated rings. The SMILES string of the molecule is COCCN(CCOC)c1cccc(CN)c1. The van der Waals surface area contributed by atoms with Gasteiger partial charge in [0.25, 0.3) is 0 Å². The second-order valence-corrected chi connectivity index (χ2v) is 3.85. The first-order chi connectivity index (χ1) is 8.31. The molecule has 1 rings (SSSR count). The summed E-state index contributed by atoms with van der Waals surface area (Å²) in [7, 11) is 3.43. The molecule has 0 aromatic heterocycles. The number of nitrogens with zero attached hydrogens (tertiary/aromatic N) is 1. The van der Waals surface area contributed by atoms with E-state index in [1.807, 2.05) is 12.1 Å². The average Bonchev–Trinajstić information content (AvgIpc) is 2.39. The first kappa shape index (κ1) is 14.0. The van der Waals surface area contributed by atoms with Crippen LogP contribution in [-0.2, 0) is 16.0 Å². The fourth-order valence-electron chi connectivity index (χ4n) is 1.65. The molecule has 0 atom stereocenters. The Kier molecular flexibility index (Phi) is 6.62. The predicted molar refractivity (Wildman–Crippen MR) is 70.3 cm³/mol. The van der Waals surface area contributed by atoms with Gasteiger partial charge in [0.1, 0.15) is 0 Å². The zero-order chi connectivity index (χ0) is 12.5. The van der Waals surface area contributed by atoms with Gasteiger partial charge in [0.2, 0.25) is 0 Å². The molecule has 0 heterocycles. The number of ether oxygens (including phenoxy) is 2. The second-order valence-electron chi connectivity index (χ2n) is 3.85. The van der Waals surface area contributed by atoms with Crippen LogP contribution in [0.1, 0.15) is 5.56 Å². The van der Waals surface area contributed by atoms with Gasteiger partial charge in [-0.3, -0.25) is 0 Å². The highest BCUT2D eigenvalue weighted by Gasteiger charge is 2.06. The van der Waals surface area contributed by atoms with Crippen LogP contribution >= 0.6 is 0 Å². The number of anilines is 1. The topological polar surface area (TPSA) is 47.7 Å². The van der Waals surface area contributed by atoms with E-state index < -0.39 is 0 Å². The monoisotopic (exact) mass is 238 g/mol. The van der Waals surface area contributed by atoms with Gasteiger partial charge in [-0.25, -0.2) is 0 Å². The zero-order valence-corrected chi connectivity index (χ0v) is 10.7. The van der Waals surface area contributed by atoms with E-state index in [2.05, 4.69) is 17.0 Å². The molecule has 0 aliphatic carbocycles. The third-order valence-electron chi connectivity index (χ3n) is 2.64. The summed E-state index contributed by atoms with van der Waals surface area (Å²) in [4.78, 5) is 2.24. The van der Waals surface area contributed by atoms with Crippen molar-refractivity contribution in [1.82, 2.24) is 0 Å². The summed E-state index contributed by atoms with van der Waals surface area (Å²) in [5.74, 6) is 0. The van der Waals surface area contributed by atoms with Crippen molar-refractivity contribution in [3.8, 4) is 0 Å². The Hall–Kier alpha value is -1.10. The lowest BCUT2D eigenvalue weighted by Gasteiger charge is -2.24. The van der Waals surface area contributed by atoms with E-state index in [0.717, 1.165) is 18.7 Å². The molecule has 4 heteroatoms. The van der Waals surface area contributed by atoms with Crippen LogP contribution in [0.25, 0.3) is 0 Å². The Morgan fingerprint density at radius 3 is 2.29 bits per heavy atom. The lowest BCUT2D eigenvalue weighted by atomic mass is 10.2. The molecule has 4 nitrogen and oxygen atoms in total. The Morgan fingerprint density at radius 1 is 1.12 bits per heavy atom. The van der Waals surface area contributed by atoms with Crippen LogP contribution in [0.4, 0.5) is 5.69 Å². The highest BCUT2D eigenvalue weighted by molar-refractivity contribution is 5.48. The minimum Gasteiger partial charge on any atom is -0.383 e. The maximum absolute atomic E-state index is 5.65. The van der Waals surface area contributed by atoms with Crippen LogP contribution in [0.15, 0.2) is 24.3 Å². The molecule has 0 spiro atoms. The van der Waals surface area contributed by atoms with Gasteiger partial charge in [-0.05, 0) is 17.7 Å². The summed E-state index contributed by atoms with van der Waals surface area (Å²) in [6, 6.07) is 8.27. The summed E-state index contributed by atoms with van der Waals surface area (Å²) >= 11 is 0. The summed E-state index contributed by atoms with van der Waals surface area (Å²) < 4.78 is 10.2. The number of rotatable bonds is 8. The maximum Gasteiger partial charge on any atom is 0.0637 e. The van der Waals surface area contributed by atoms with Crippen molar-refractivity contribution < 1.29 is 9.47 Å². The largest absolute Gasteiger partial charge is 0.383 e. The molecule has 0 aliphatic rings. The van der Waals surface area contributed by atoms with Crippen molar-refractivity contribution >= 4 is 5.69 Å². The highest BCUT2D eigenvalue weighted by atomic mass is 16.5. The van der Waals surface area contributed by atoms with E-state index in [0.29, 0.717) is 19.8 Å². The van der Waals surface area contributed by atoms with Crippen molar-refractivity contribution in [2.24, 2.45) is 5.73 Å². The molecule has 1 aromatic carbocycles. The van der Waals surface area contributed by atoms with Gasteiger partial charge in [-0.15, -0.1) is 0 Å². The summed E-state index contributed by atoms with van der Waals surface area (Å²) in [6.45, 7) is 3.69. The quantitative estimate of drug-likeness (QED) is 0.740. The molecule has 0 bridgehead atoms. The fourth-order valence-corrected chi connectivity index (χ4v) is 1.65. The van der Waals surface area contributed by atoms with Gasteiger partial charge in [-0.2, -0.15) is 0 Å². The van der Waals surface area contributed by atoms with Crippen LogP contribution in [0, 0.1) is 0 Å². The smallest absolute Gasteiger partial charge is 0.0637 e. The Bertz CT molecular complexity index is 310. The molecule has 0 unspecified atom stereocenters. The first-order valence-electron chi connectivity index (χ1n) is 5.83. The van der Waals surface area contributed by atoms with Crippen molar-refractivity contribution in [2.45, 2.75) is 6.54 Å². The molecule has 96 valence electrons. The molecule has 0 amide bonds. The van der Waals surface area contributed by atoms with Gasteiger partial charge in [-0.1, -0.05) is 12.1 Å². The standard InChI is InChI=1S/C13H22N2O2/c1-16-8-6-15(7-9-17-2)13-5-3-4-12(10-13)11-14/h3-5,10H,6-9,11,14H2,1-2H3.